The largest absolute Gasteiger partial charge is 0.481 e. The standard InChI is InChI=1S/C14H17ClN2O4/c1-9(14(20)21)8-17(2)12(18)7-16-13(19)10-5-3-4-6-11(10)15/h3-6,9H,7-8H2,1-2H3,(H,16,19)(H,20,21). The summed E-state index contributed by atoms with van der Waals surface area (Å²) >= 11 is 5.88. The van der Waals surface area contributed by atoms with Crippen LogP contribution in [0.1, 0.15) is 17.3 Å². The van der Waals surface area contributed by atoms with Crippen molar-refractivity contribution in [2.45, 2.75) is 6.92 Å². The van der Waals surface area contributed by atoms with E-state index in [9.17, 15) is 14.4 Å². The summed E-state index contributed by atoms with van der Waals surface area (Å²) in [5, 5.41) is 11.5. The molecule has 0 aliphatic rings. The van der Waals surface area contributed by atoms with E-state index < -0.39 is 17.8 Å². The van der Waals surface area contributed by atoms with E-state index in [4.69, 9.17) is 16.7 Å². The van der Waals surface area contributed by atoms with Crippen LogP contribution < -0.4 is 5.32 Å². The maximum Gasteiger partial charge on any atom is 0.308 e. The Labute approximate surface area is 127 Å². The minimum absolute atomic E-state index is 0.0795. The van der Waals surface area contributed by atoms with Gasteiger partial charge in [0, 0.05) is 13.6 Å². The molecular formula is C14H17ClN2O4. The van der Waals surface area contributed by atoms with Crippen molar-refractivity contribution in [2.24, 2.45) is 5.92 Å². The van der Waals surface area contributed by atoms with E-state index >= 15 is 0 Å². The first kappa shape index (κ1) is 17.0. The number of hydrogen-bond acceptors (Lipinski definition) is 3. The molecule has 0 radical (unpaired) electrons. The molecule has 0 fully saturated rings. The molecule has 0 saturated carbocycles. The van der Waals surface area contributed by atoms with E-state index in [0.717, 1.165) is 0 Å². The van der Waals surface area contributed by atoms with Crippen molar-refractivity contribution >= 4 is 29.4 Å². The molecule has 1 atom stereocenters. The zero-order valence-corrected chi connectivity index (χ0v) is 12.6. The molecule has 0 bridgehead atoms. The molecule has 0 saturated heterocycles. The highest BCUT2D eigenvalue weighted by Gasteiger charge is 2.18. The van der Waals surface area contributed by atoms with Crippen LogP contribution in [0, 0.1) is 5.92 Å². The molecule has 114 valence electrons. The SMILES string of the molecule is CC(CN(C)C(=O)CNC(=O)c1ccccc1Cl)C(=O)O. The van der Waals surface area contributed by atoms with E-state index in [0.29, 0.717) is 5.02 Å². The Morgan fingerprint density at radius 3 is 2.52 bits per heavy atom. The third-order valence-electron chi connectivity index (χ3n) is 2.91. The summed E-state index contributed by atoms with van der Waals surface area (Å²) in [6.07, 6.45) is 0. The molecular weight excluding hydrogens is 296 g/mol. The second-order valence-corrected chi connectivity index (χ2v) is 5.08. The second-order valence-electron chi connectivity index (χ2n) is 4.68. The molecule has 1 aromatic carbocycles. The van der Waals surface area contributed by atoms with Crippen LogP contribution in [-0.2, 0) is 9.59 Å². The molecule has 0 aliphatic heterocycles. The van der Waals surface area contributed by atoms with E-state index in [1.54, 1.807) is 24.3 Å². The van der Waals surface area contributed by atoms with Gasteiger partial charge in [0.1, 0.15) is 0 Å². The first-order chi connectivity index (χ1) is 9.82. The Balaban J connectivity index is 2.51. The average Bonchev–Trinajstić information content (AvgIpc) is 2.44. The minimum atomic E-state index is -0.977. The van der Waals surface area contributed by atoms with Gasteiger partial charge < -0.3 is 15.3 Å². The van der Waals surface area contributed by atoms with Gasteiger partial charge in [-0.05, 0) is 12.1 Å². The number of rotatable bonds is 6. The van der Waals surface area contributed by atoms with Crippen LogP contribution in [-0.4, -0.2) is 47.9 Å². The van der Waals surface area contributed by atoms with Crippen molar-refractivity contribution in [2.75, 3.05) is 20.1 Å². The molecule has 2 amide bonds. The van der Waals surface area contributed by atoms with Gasteiger partial charge in [0.25, 0.3) is 5.91 Å². The predicted molar refractivity (Wildman–Crippen MR) is 78.2 cm³/mol. The maximum atomic E-state index is 11.9. The summed E-state index contributed by atoms with van der Waals surface area (Å²) in [5.74, 6) is -2.47. The Kier molecular flexibility index (Phi) is 6.17. The molecule has 0 aliphatic carbocycles. The highest BCUT2D eigenvalue weighted by molar-refractivity contribution is 6.33. The number of aliphatic carboxylic acids is 1. The van der Waals surface area contributed by atoms with Gasteiger partial charge in [0.15, 0.2) is 0 Å². The number of nitrogens with zero attached hydrogens (tertiary/aromatic N) is 1. The number of halogens is 1. The van der Waals surface area contributed by atoms with Crippen LogP contribution in [0.5, 0.6) is 0 Å². The van der Waals surface area contributed by atoms with Crippen LogP contribution in [0.3, 0.4) is 0 Å². The van der Waals surface area contributed by atoms with Crippen molar-refractivity contribution in [3.05, 3.63) is 34.9 Å². The highest BCUT2D eigenvalue weighted by Crippen LogP contribution is 2.14. The van der Waals surface area contributed by atoms with Gasteiger partial charge in [-0.2, -0.15) is 0 Å². The van der Waals surface area contributed by atoms with Crippen molar-refractivity contribution in [3.8, 4) is 0 Å². The molecule has 1 rings (SSSR count). The Morgan fingerprint density at radius 2 is 1.95 bits per heavy atom. The molecule has 2 N–H and O–H groups in total. The van der Waals surface area contributed by atoms with Gasteiger partial charge >= 0.3 is 5.97 Å². The highest BCUT2D eigenvalue weighted by atomic mass is 35.5. The van der Waals surface area contributed by atoms with E-state index in [1.165, 1.54) is 18.9 Å². The second kappa shape index (κ2) is 7.64. The molecule has 0 spiro atoms. The number of carboxylic acid groups (broad SMARTS) is 1. The summed E-state index contributed by atoms with van der Waals surface area (Å²) in [6, 6.07) is 6.51. The quantitative estimate of drug-likeness (QED) is 0.827. The molecule has 6 nitrogen and oxygen atoms in total. The van der Waals surface area contributed by atoms with Gasteiger partial charge in [0.05, 0.1) is 23.0 Å². The van der Waals surface area contributed by atoms with Gasteiger partial charge in [0.2, 0.25) is 5.91 Å². The Morgan fingerprint density at radius 1 is 1.33 bits per heavy atom. The van der Waals surface area contributed by atoms with E-state index in [1.807, 2.05) is 0 Å². The number of carboxylic acids is 1. The number of likely N-dealkylation sites (N-methyl/N-ethyl adjacent to an activating group) is 1. The number of nitrogens with one attached hydrogen (secondary N) is 1. The average molecular weight is 313 g/mol. The van der Waals surface area contributed by atoms with Crippen LogP contribution in [0.15, 0.2) is 24.3 Å². The van der Waals surface area contributed by atoms with Crippen molar-refractivity contribution in [1.82, 2.24) is 10.2 Å². The van der Waals surface area contributed by atoms with Gasteiger partial charge in [-0.15, -0.1) is 0 Å². The topological polar surface area (TPSA) is 86.7 Å². The number of amides is 2. The minimum Gasteiger partial charge on any atom is -0.481 e. The van der Waals surface area contributed by atoms with E-state index in [-0.39, 0.29) is 24.6 Å². The first-order valence-electron chi connectivity index (χ1n) is 6.32. The van der Waals surface area contributed by atoms with Crippen LogP contribution in [0.2, 0.25) is 5.02 Å². The van der Waals surface area contributed by atoms with Gasteiger partial charge in [-0.3, -0.25) is 14.4 Å². The zero-order chi connectivity index (χ0) is 16.0. The lowest BCUT2D eigenvalue weighted by atomic mass is 10.2. The van der Waals surface area contributed by atoms with Crippen molar-refractivity contribution in [1.29, 1.82) is 0 Å². The summed E-state index contributed by atoms with van der Waals surface area (Å²) in [6.45, 7) is 1.37. The first-order valence-corrected chi connectivity index (χ1v) is 6.70. The monoisotopic (exact) mass is 312 g/mol. The Hall–Kier alpha value is -2.08. The van der Waals surface area contributed by atoms with Crippen LogP contribution in [0.4, 0.5) is 0 Å². The lowest BCUT2D eigenvalue weighted by molar-refractivity contribution is -0.142. The third kappa shape index (κ3) is 5.07. The number of carbonyl (C=O) groups excluding carboxylic acids is 2. The van der Waals surface area contributed by atoms with E-state index in [2.05, 4.69) is 5.32 Å². The maximum absolute atomic E-state index is 11.9. The smallest absolute Gasteiger partial charge is 0.308 e. The summed E-state index contributed by atoms with van der Waals surface area (Å²) < 4.78 is 0. The molecule has 0 aromatic heterocycles. The summed E-state index contributed by atoms with van der Waals surface area (Å²) in [4.78, 5) is 35.7. The predicted octanol–water partition coefficient (Wildman–Crippen LogP) is 1.25. The summed E-state index contributed by atoms with van der Waals surface area (Å²) in [5.41, 5.74) is 0.286. The normalized spacial score (nSPS) is 11.6. The van der Waals surface area contributed by atoms with Gasteiger partial charge in [-0.25, -0.2) is 0 Å². The Bertz CT molecular complexity index is 548. The van der Waals surface area contributed by atoms with Crippen LogP contribution >= 0.6 is 11.6 Å². The fraction of sp³-hybridized carbons (Fsp3) is 0.357. The zero-order valence-electron chi connectivity index (χ0n) is 11.8. The molecule has 1 aromatic rings. The van der Waals surface area contributed by atoms with Crippen molar-refractivity contribution < 1.29 is 19.5 Å². The lowest BCUT2D eigenvalue weighted by Gasteiger charge is -2.19. The molecule has 0 heterocycles. The van der Waals surface area contributed by atoms with Crippen LogP contribution in [0.25, 0.3) is 0 Å². The molecule has 7 heteroatoms. The van der Waals surface area contributed by atoms with Gasteiger partial charge in [-0.1, -0.05) is 30.7 Å². The fourth-order valence-corrected chi connectivity index (χ4v) is 1.84. The number of carbonyl (C=O) groups is 3. The molecule has 21 heavy (non-hydrogen) atoms. The molecule has 1 unspecified atom stereocenters. The number of hydrogen-bond donors (Lipinski definition) is 2. The third-order valence-corrected chi connectivity index (χ3v) is 3.24. The van der Waals surface area contributed by atoms with Crippen molar-refractivity contribution in [3.63, 3.8) is 0 Å². The lowest BCUT2D eigenvalue weighted by Crippen LogP contribution is -2.40. The number of benzene rings is 1. The summed E-state index contributed by atoms with van der Waals surface area (Å²) in [7, 11) is 1.49. The fourth-order valence-electron chi connectivity index (χ4n) is 1.62.